The highest BCUT2D eigenvalue weighted by atomic mass is 16.3. The predicted molar refractivity (Wildman–Crippen MR) is 92.7 cm³/mol. The molecule has 5 heteroatoms. The zero-order valence-electron chi connectivity index (χ0n) is 13.6. The second-order valence-corrected chi connectivity index (χ2v) is 5.85. The van der Waals surface area contributed by atoms with Gasteiger partial charge in [0, 0.05) is 30.4 Å². The van der Waals surface area contributed by atoms with Crippen molar-refractivity contribution in [1.29, 1.82) is 0 Å². The largest absolute Gasteiger partial charge is 0.462 e. The number of amides is 2. The van der Waals surface area contributed by atoms with Gasteiger partial charge in [0.25, 0.3) is 5.91 Å². The number of benzene rings is 1. The van der Waals surface area contributed by atoms with Crippen molar-refractivity contribution in [3.8, 4) is 0 Å². The van der Waals surface area contributed by atoms with E-state index in [1.807, 2.05) is 17.9 Å². The van der Waals surface area contributed by atoms with Crippen LogP contribution >= 0.6 is 0 Å². The lowest BCUT2D eigenvalue weighted by atomic mass is 10.2. The zero-order chi connectivity index (χ0) is 16.9. The van der Waals surface area contributed by atoms with Crippen LogP contribution in [0.1, 0.15) is 34.7 Å². The Morgan fingerprint density at radius 1 is 1.08 bits per heavy atom. The first-order chi connectivity index (χ1) is 11.6. The molecule has 1 saturated heterocycles. The summed E-state index contributed by atoms with van der Waals surface area (Å²) in [5.74, 6) is 1.24. The van der Waals surface area contributed by atoms with Crippen molar-refractivity contribution in [2.24, 2.45) is 0 Å². The standard InChI is InChI=1S/C19H20N2O3/c1-14-4-9-17(24-14)10-11-18(22)20-16-7-5-15(6-8-16)19(23)21-12-2-3-13-21/h4-11H,2-3,12-13H2,1H3,(H,20,22)/b11-10+. The molecule has 2 heterocycles. The van der Waals surface area contributed by atoms with Gasteiger partial charge in [-0.2, -0.15) is 0 Å². The summed E-state index contributed by atoms with van der Waals surface area (Å²) in [7, 11) is 0. The first kappa shape index (κ1) is 16.1. The van der Waals surface area contributed by atoms with E-state index >= 15 is 0 Å². The van der Waals surface area contributed by atoms with Gasteiger partial charge in [-0.25, -0.2) is 0 Å². The number of hydrogen-bond acceptors (Lipinski definition) is 3. The summed E-state index contributed by atoms with van der Waals surface area (Å²) in [6, 6.07) is 10.6. The minimum absolute atomic E-state index is 0.0541. The molecule has 0 aliphatic carbocycles. The van der Waals surface area contributed by atoms with Crippen LogP contribution in [-0.4, -0.2) is 29.8 Å². The van der Waals surface area contributed by atoms with Crippen LogP contribution in [-0.2, 0) is 4.79 Å². The van der Waals surface area contributed by atoms with Crippen molar-refractivity contribution in [3.63, 3.8) is 0 Å². The van der Waals surface area contributed by atoms with Gasteiger partial charge in [0.1, 0.15) is 11.5 Å². The Kier molecular flexibility index (Phi) is 4.79. The molecule has 0 radical (unpaired) electrons. The minimum atomic E-state index is -0.248. The average molecular weight is 324 g/mol. The maximum atomic E-state index is 12.3. The molecule has 0 spiro atoms. The molecule has 124 valence electrons. The zero-order valence-corrected chi connectivity index (χ0v) is 13.6. The Hall–Kier alpha value is -2.82. The molecule has 24 heavy (non-hydrogen) atoms. The molecule has 0 bridgehead atoms. The number of nitrogens with one attached hydrogen (secondary N) is 1. The van der Waals surface area contributed by atoms with Crippen LogP contribution < -0.4 is 5.32 Å². The van der Waals surface area contributed by atoms with Gasteiger partial charge in [-0.3, -0.25) is 9.59 Å². The second-order valence-electron chi connectivity index (χ2n) is 5.85. The summed E-state index contributed by atoms with van der Waals surface area (Å²) in [5, 5.41) is 2.76. The van der Waals surface area contributed by atoms with Crippen molar-refractivity contribution in [1.82, 2.24) is 4.90 Å². The molecule has 2 aromatic rings. The van der Waals surface area contributed by atoms with Gasteiger partial charge in [0.15, 0.2) is 0 Å². The molecule has 1 aliphatic heterocycles. The maximum Gasteiger partial charge on any atom is 0.253 e. The van der Waals surface area contributed by atoms with E-state index in [1.54, 1.807) is 36.4 Å². The number of nitrogens with zero attached hydrogens (tertiary/aromatic N) is 1. The van der Waals surface area contributed by atoms with E-state index in [1.165, 1.54) is 6.08 Å². The Labute approximate surface area is 141 Å². The third kappa shape index (κ3) is 3.93. The summed E-state index contributed by atoms with van der Waals surface area (Å²) in [6.45, 7) is 3.51. The SMILES string of the molecule is Cc1ccc(/C=C/C(=O)Nc2ccc(C(=O)N3CCCC3)cc2)o1. The van der Waals surface area contributed by atoms with Crippen molar-refractivity contribution in [2.75, 3.05) is 18.4 Å². The molecule has 1 aromatic heterocycles. The molecule has 0 atom stereocenters. The smallest absolute Gasteiger partial charge is 0.253 e. The number of carbonyl (C=O) groups excluding carboxylic acids is 2. The van der Waals surface area contributed by atoms with Crippen LogP contribution in [0.25, 0.3) is 6.08 Å². The lowest BCUT2D eigenvalue weighted by molar-refractivity contribution is -0.111. The highest BCUT2D eigenvalue weighted by Crippen LogP contribution is 2.15. The molecule has 5 nitrogen and oxygen atoms in total. The number of likely N-dealkylation sites (tertiary alicyclic amines) is 1. The number of hydrogen-bond donors (Lipinski definition) is 1. The van der Waals surface area contributed by atoms with Crippen molar-refractivity contribution < 1.29 is 14.0 Å². The lowest BCUT2D eigenvalue weighted by Gasteiger charge is -2.15. The van der Waals surface area contributed by atoms with Gasteiger partial charge >= 0.3 is 0 Å². The molecule has 1 aromatic carbocycles. The Balaban J connectivity index is 1.58. The molecule has 2 amide bonds. The Morgan fingerprint density at radius 3 is 2.42 bits per heavy atom. The predicted octanol–water partition coefficient (Wildman–Crippen LogP) is 3.48. The van der Waals surface area contributed by atoms with E-state index in [0.717, 1.165) is 31.7 Å². The van der Waals surface area contributed by atoms with Crippen molar-refractivity contribution in [3.05, 3.63) is 59.6 Å². The number of carbonyl (C=O) groups is 2. The van der Waals surface area contributed by atoms with Gasteiger partial charge < -0.3 is 14.6 Å². The van der Waals surface area contributed by atoms with Gasteiger partial charge in [-0.1, -0.05) is 0 Å². The van der Waals surface area contributed by atoms with Crippen LogP contribution in [0.3, 0.4) is 0 Å². The summed E-state index contributed by atoms with van der Waals surface area (Å²) >= 11 is 0. The van der Waals surface area contributed by atoms with E-state index in [4.69, 9.17) is 4.42 Å². The van der Waals surface area contributed by atoms with Crippen LogP contribution in [0.4, 0.5) is 5.69 Å². The van der Waals surface area contributed by atoms with E-state index in [-0.39, 0.29) is 11.8 Å². The summed E-state index contributed by atoms with van der Waals surface area (Å²) in [6.07, 6.45) is 5.18. The van der Waals surface area contributed by atoms with Crippen LogP contribution in [0.15, 0.2) is 46.9 Å². The normalized spacial score (nSPS) is 14.3. The Morgan fingerprint density at radius 2 is 1.79 bits per heavy atom. The molecule has 0 unspecified atom stereocenters. The third-order valence-electron chi connectivity index (χ3n) is 3.95. The number of anilines is 1. The highest BCUT2D eigenvalue weighted by molar-refractivity contribution is 6.02. The summed E-state index contributed by atoms with van der Waals surface area (Å²) < 4.78 is 5.37. The molecule has 1 aliphatic rings. The molecule has 1 N–H and O–H groups in total. The fourth-order valence-electron chi connectivity index (χ4n) is 2.68. The minimum Gasteiger partial charge on any atom is -0.462 e. The van der Waals surface area contributed by atoms with Crippen molar-refractivity contribution in [2.45, 2.75) is 19.8 Å². The van der Waals surface area contributed by atoms with Gasteiger partial charge in [-0.05, 0) is 62.2 Å². The number of furan rings is 1. The van der Waals surface area contributed by atoms with Gasteiger partial charge in [-0.15, -0.1) is 0 Å². The average Bonchev–Trinajstić information content (AvgIpc) is 3.25. The van der Waals surface area contributed by atoms with Crippen LogP contribution in [0.2, 0.25) is 0 Å². The topological polar surface area (TPSA) is 62.6 Å². The third-order valence-corrected chi connectivity index (χ3v) is 3.95. The number of aryl methyl sites for hydroxylation is 1. The lowest BCUT2D eigenvalue weighted by Crippen LogP contribution is -2.27. The summed E-state index contributed by atoms with van der Waals surface area (Å²) in [4.78, 5) is 26.0. The fraction of sp³-hybridized carbons (Fsp3) is 0.263. The van der Waals surface area contributed by atoms with E-state index in [9.17, 15) is 9.59 Å². The monoisotopic (exact) mass is 324 g/mol. The molecule has 1 fully saturated rings. The maximum absolute atomic E-state index is 12.3. The molecule has 0 saturated carbocycles. The van der Waals surface area contributed by atoms with Crippen LogP contribution in [0, 0.1) is 6.92 Å². The molecule has 3 rings (SSSR count). The molecular weight excluding hydrogens is 304 g/mol. The van der Waals surface area contributed by atoms with Gasteiger partial charge in [0.05, 0.1) is 0 Å². The second kappa shape index (κ2) is 7.17. The highest BCUT2D eigenvalue weighted by Gasteiger charge is 2.19. The van der Waals surface area contributed by atoms with Crippen LogP contribution in [0.5, 0.6) is 0 Å². The summed E-state index contributed by atoms with van der Waals surface area (Å²) in [5.41, 5.74) is 1.30. The molecular formula is C19H20N2O3. The van der Waals surface area contributed by atoms with Crippen molar-refractivity contribution >= 4 is 23.6 Å². The van der Waals surface area contributed by atoms with Gasteiger partial charge in [0.2, 0.25) is 5.91 Å². The first-order valence-electron chi connectivity index (χ1n) is 8.07. The quantitative estimate of drug-likeness (QED) is 0.876. The fourth-order valence-corrected chi connectivity index (χ4v) is 2.68. The van der Waals surface area contributed by atoms with E-state index in [2.05, 4.69) is 5.32 Å². The number of rotatable bonds is 4. The van der Waals surface area contributed by atoms with E-state index < -0.39 is 0 Å². The van der Waals surface area contributed by atoms with E-state index in [0.29, 0.717) is 17.0 Å². The first-order valence-corrected chi connectivity index (χ1v) is 8.07. The Bertz CT molecular complexity index is 753.